The van der Waals surface area contributed by atoms with Gasteiger partial charge in [0, 0.05) is 23.6 Å². The maximum atomic E-state index is 10.9. The quantitative estimate of drug-likeness (QED) is 0.670. The summed E-state index contributed by atoms with van der Waals surface area (Å²) in [7, 11) is 0. The summed E-state index contributed by atoms with van der Waals surface area (Å²) in [6.45, 7) is 4.84. The van der Waals surface area contributed by atoms with Crippen molar-refractivity contribution in [1.29, 1.82) is 0 Å². The molecule has 1 heterocycles. The van der Waals surface area contributed by atoms with Crippen molar-refractivity contribution >= 4 is 12.4 Å². The monoisotopic (exact) mass is 371 g/mol. The number of fused-ring (bicyclic) bond motifs is 2. The highest BCUT2D eigenvalue weighted by Crippen LogP contribution is 2.48. The molecule has 0 bridgehead atoms. The van der Waals surface area contributed by atoms with Crippen molar-refractivity contribution in [1.82, 2.24) is 4.90 Å². The Balaban J connectivity index is 1.27. The molecule has 2 fully saturated rings. The number of rotatable bonds is 3. The van der Waals surface area contributed by atoms with Crippen LogP contribution in [-0.4, -0.2) is 30.3 Å². The van der Waals surface area contributed by atoms with Crippen LogP contribution in [0.15, 0.2) is 54.6 Å². The lowest BCUT2D eigenvalue weighted by Crippen LogP contribution is -2.50. The number of hydrogen-bond acceptors (Lipinski definition) is 2. The van der Waals surface area contributed by atoms with Gasteiger partial charge in [-0.2, -0.15) is 0 Å². The maximum absolute atomic E-state index is 10.9. The van der Waals surface area contributed by atoms with Gasteiger partial charge in [0.2, 0.25) is 0 Å². The lowest BCUT2D eigenvalue weighted by molar-refractivity contribution is 0.0898. The number of benzene rings is 2. The van der Waals surface area contributed by atoms with Crippen molar-refractivity contribution in [2.24, 2.45) is 5.92 Å². The molecular weight excluding hydrogens is 342 g/mol. The molecule has 2 aromatic rings. The van der Waals surface area contributed by atoms with E-state index in [1.165, 1.54) is 49.9 Å². The first-order chi connectivity index (χ1) is 13.7. The summed E-state index contributed by atoms with van der Waals surface area (Å²) in [5, 5.41) is 0. The van der Waals surface area contributed by atoms with E-state index in [4.69, 9.17) is 0 Å². The Morgan fingerprint density at radius 1 is 1.07 bits per heavy atom. The average molecular weight is 372 g/mol. The van der Waals surface area contributed by atoms with Gasteiger partial charge in [0.25, 0.3) is 0 Å². The van der Waals surface area contributed by atoms with Gasteiger partial charge in [-0.15, -0.1) is 0 Å². The van der Waals surface area contributed by atoms with Crippen LogP contribution in [0.5, 0.6) is 0 Å². The van der Waals surface area contributed by atoms with Crippen LogP contribution in [0.2, 0.25) is 0 Å². The van der Waals surface area contributed by atoms with E-state index in [0.29, 0.717) is 17.9 Å². The largest absolute Gasteiger partial charge is 0.300 e. The van der Waals surface area contributed by atoms with Gasteiger partial charge in [0.05, 0.1) is 0 Å². The highest BCUT2D eigenvalue weighted by Gasteiger charge is 2.45. The Hall–Kier alpha value is -2.19. The molecule has 3 aliphatic rings. The first-order valence-electron chi connectivity index (χ1n) is 10.8. The third-order valence-corrected chi connectivity index (χ3v) is 7.69. The Morgan fingerprint density at radius 3 is 2.68 bits per heavy atom. The third-order valence-electron chi connectivity index (χ3n) is 7.69. The second kappa shape index (κ2) is 7.00. The lowest BCUT2D eigenvalue weighted by Gasteiger charge is -2.46. The van der Waals surface area contributed by atoms with Crippen LogP contribution >= 0.6 is 0 Å². The zero-order chi connectivity index (χ0) is 19.1. The fourth-order valence-electron chi connectivity index (χ4n) is 5.99. The predicted molar refractivity (Wildman–Crippen MR) is 115 cm³/mol. The van der Waals surface area contributed by atoms with Gasteiger partial charge in [-0.05, 0) is 60.8 Å². The number of aldehydes is 1. The minimum absolute atomic E-state index is 0.246. The van der Waals surface area contributed by atoms with E-state index < -0.39 is 0 Å². The van der Waals surface area contributed by atoms with Gasteiger partial charge in [-0.25, -0.2) is 0 Å². The molecule has 4 atom stereocenters. The number of carbonyl (C=O) groups is 1. The zero-order valence-corrected chi connectivity index (χ0v) is 16.7. The van der Waals surface area contributed by atoms with Crippen molar-refractivity contribution in [3.8, 4) is 0 Å². The third kappa shape index (κ3) is 2.86. The van der Waals surface area contributed by atoms with Gasteiger partial charge in [0.1, 0.15) is 6.29 Å². The summed E-state index contributed by atoms with van der Waals surface area (Å²) in [6.07, 6.45) is 10.8. The summed E-state index contributed by atoms with van der Waals surface area (Å²) in [5.41, 5.74) is 5.39. The van der Waals surface area contributed by atoms with E-state index in [0.717, 1.165) is 11.8 Å². The van der Waals surface area contributed by atoms with Crippen molar-refractivity contribution in [3.63, 3.8) is 0 Å². The first-order valence-corrected chi connectivity index (χ1v) is 10.8. The van der Waals surface area contributed by atoms with E-state index in [1.807, 2.05) is 12.1 Å². The number of nitrogens with zero attached hydrogens (tertiary/aromatic N) is 1. The number of likely N-dealkylation sites (tertiary alicyclic amines) is 1. The standard InChI is InChI=1S/C26H29NO/c1-19-17-27(15-14-26(19)13-12-22-4-2-3-5-25(22)26)24-11-10-23(16-24)21-8-6-20(18-28)7-9-21/h2-9,12-13,18-19,23-24H,10-11,14-17H2,1H3/t19-,23?,24?,26?/m0/s1. The van der Waals surface area contributed by atoms with Crippen LogP contribution in [0.25, 0.3) is 6.08 Å². The van der Waals surface area contributed by atoms with Crippen molar-refractivity contribution < 1.29 is 4.79 Å². The van der Waals surface area contributed by atoms with Crippen LogP contribution in [0.3, 0.4) is 0 Å². The molecular formula is C26H29NO. The maximum Gasteiger partial charge on any atom is 0.150 e. The molecule has 2 aromatic carbocycles. The van der Waals surface area contributed by atoms with Gasteiger partial charge < -0.3 is 4.90 Å². The van der Waals surface area contributed by atoms with Gasteiger partial charge in [-0.3, -0.25) is 4.79 Å². The minimum atomic E-state index is 0.246. The molecule has 0 radical (unpaired) electrons. The summed E-state index contributed by atoms with van der Waals surface area (Å²) in [5.74, 6) is 1.29. The zero-order valence-electron chi connectivity index (χ0n) is 16.7. The molecule has 0 N–H and O–H groups in total. The van der Waals surface area contributed by atoms with Crippen LogP contribution in [0.1, 0.15) is 65.6 Å². The lowest BCUT2D eigenvalue weighted by atomic mass is 9.68. The fraction of sp³-hybridized carbons (Fsp3) is 0.423. The first kappa shape index (κ1) is 17.9. The van der Waals surface area contributed by atoms with Crippen molar-refractivity contribution in [3.05, 3.63) is 76.9 Å². The molecule has 2 nitrogen and oxygen atoms in total. The van der Waals surface area contributed by atoms with Crippen molar-refractivity contribution in [2.75, 3.05) is 13.1 Å². The Kier molecular flexibility index (Phi) is 4.47. The smallest absolute Gasteiger partial charge is 0.150 e. The molecule has 1 saturated carbocycles. The molecule has 1 aliphatic heterocycles. The van der Waals surface area contributed by atoms with Crippen LogP contribution in [0.4, 0.5) is 0 Å². The SMILES string of the molecule is C[C@H]1CN(C2CCC(c3ccc(C=O)cc3)C2)CCC12C=Cc1ccccc12. The van der Waals surface area contributed by atoms with E-state index in [-0.39, 0.29) is 5.41 Å². The van der Waals surface area contributed by atoms with Gasteiger partial charge in [-0.1, -0.05) is 67.6 Å². The van der Waals surface area contributed by atoms with Crippen LogP contribution < -0.4 is 0 Å². The van der Waals surface area contributed by atoms with Crippen LogP contribution in [0, 0.1) is 5.92 Å². The van der Waals surface area contributed by atoms with Gasteiger partial charge >= 0.3 is 0 Å². The van der Waals surface area contributed by atoms with Crippen molar-refractivity contribution in [2.45, 2.75) is 50.0 Å². The highest BCUT2D eigenvalue weighted by atomic mass is 16.1. The second-order valence-corrected chi connectivity index (χ2v) is 9.06. The normalized spacial score (nSPS) is 32.0. The summed E-state index contributed by atoms with van der Waals surface area (Å²) < 4.78 is 0. The topological polar surface area (TPSA) is 20.3 Å². The number of allylic oxidation sites excluding steroid dienone is 1. The summed E-state index contributed by atoms with van der Waals surface area (Å²) in [6, 6.07) is 17.9. The average Bonchev–Trinajstić information content (AvgIpc) is 3.37. The minimum Gasteiger partial charge on any atom is -0.300 e. The molecule has 5 rings (SSSR count). The van der Waals surface area contributed by atoms with Crippen LogP contribution in [-0.2, 0) is 5.41 Å². The molecule has 1 saturated heterocycles. The Labute approximate surface area is 168 Å². The summed E-state index contributed by atoms with van der Waals surface area (Å²) in [4.78, 5) is 13.7. The van der Waals surface area contributed by atoms with E-state index >= 15 is 0 Å². The van der Waals surface area contributed by atoms with Gasteiger partial charge in [0.15, 0.2) is 0 Å². The van der Waals surface area contributed by atoms with E-state index in [2.05, 4.69) is 60.4 Å². The predicted octanol–water partition coefficient (Wildman–Crippen LogP) is 5.44. The molecule has 1 spiro atoms. The Bertz CT molecular complexity index is 899. The fourth-order valence-corrected chi connectivity index (χ4v) is 5.99. The molecule has 0 aromatic heterocycles. The number of piperidine rings is 1. The number of carbonyl (C=O) groups excluding carboxylic acids is 1. The second-order valence-electron chi connectivity index (χ2n) is 9.06. The van der Waals surface area contributed by atoms with E-state index in [1.54, 1.807) is 5.56 Å². The molecule has 0 amide bonds. The summed E-state index contributed by atoms with van der Waals surface area (Å²) >= 11 is 0. The molecule has 28 heavy (non-hydrogen) atoms. The molecule has 2 aliphatic carbocycles. The molecule has 144 valence electrons. The highest BCUT2D eigenvalue weighted by molar-refractivity contribution is 5.74. The molecule has 3 unspecified atom stereocenters. The van der Waals surface area contributed by atoms with E-state index in [9.17, 15) is 4.79 Å². The molecule has 2 heteroatoms. The number of hydrogen-bond donors (Lipinski definition) is 0. The Morgan fingerprint density at radius 2 is 1.89 bits per heavy atom.